The van der Waals surface area contributed by atoms with Crippen LogP contribution in [0.2, 0.25) is 5.02 Å². The van der Waals surface area contributed by atoms with Crippen LogP contribution in [0, 0.1) is 5.82 Å². The van der Waals surface area contributed by atoms with E-state index in [0.29, 0.717) is 23.1 Å². The van der Waals surface area contributed by atoms with E-state index in [2.05, 4.69) is 15.6 Å². The maximum absolute atomic E-state index is 13.7. The molecule has 0 spiro atoms. The summed E-state index contributed by atoms with van der Waals surface area (Å²) < 4.78 is 18.7. The van der Waals surface area contributed by atoms with Crippen molar-refractivity contribution in [3.05, 3.63) is 70.0 Å². The fraction of sp³-hybridized carbons (Fsp3) is 0.316. The molecule has 0 aliphatic heterocycles. The Balaban J connectivity index is 0.00000338. The molecule has 4 nitrogen and oxygen atoms in total. The van der Waals surface area contributed by atoms with Crippen molar-refractivity contribution < 1.29 is 9.13 Å². The fourth-order valence-electron chi connectivity index (χ4n) is 2.49. The number of nitrogens with one attached hydrogen (secondary N) is 2. The monoisotopic (exact) mass is 491 g/mol. The lowest BCUT2D eigenvalue weighted by Gasteiger charge is -2.19. The fourth-order valence-corrected chi connectivity index (χ4v) is 2.79. The molecule has 142 valence electrons. The largest absolute Gasteiger partial charge is 0.380 e. The van der Waals surface area contributed by atoms with Gasteiger partial charge in [0.15, 0.2) is 5.96 Å². The van der Waals surface area contributed by atoms with Gasteiger partial charge in [0.1, 0.15) is 5.82 Å². The first kappa shape index (κ1) is 22.7. The second-order valence-electron chi connectivity index (χ2n) is 5.67. The molecule has 0 aliphatic carbocycles. The van der Waals surface area contributed by atoms with Crippen LogP contribution in [0.3, 0.4) is 0 Å². The summed E-state index contributed by atoms with van der Waals surface area (Å²) in [6.07, 6.45) is 0. The molecular weight excluding hydrogens is 468 g/mol. The van der Waals surface area contributed by atoms with E-state index in [-0.39, 0.29) is 42.4 Å². The molecule has 0 saturated heterocycles. The van der Waals surface area contributed by atoms with E-state index >= 15 is 0 Å². The van der Waals surface area contributed by atoms with E-state index in [1.807, 2.05) is 31.2 Å². The summed E-state index contributed by atoms with van der Waals surface area (Å²) in [6.45, 7) is 2.78. The van der Waals surface area contributed by atoms with Crippen molar-refractivity contribution in [1.29, 1.82) is 0 Å². The van der Waals surface area contributed by atoms with Gasteiger partial charge in [-0.2, -0.15) is 0 Å². The topological polar surface area (TPSA) is 45.7 Å². The molecule has 1 atom stereocenters. The highest BCUT2D eigenvalue weighted by atomic mass is 127. The molecule has 2 aromatic rings. The van der Waals surface area contributed by atoms with Gasteiger partial charge in [0.25, 0.3) is 0 Å². The molecule has 2 aromatic carbocycles. The molecule has 0 radical (unpaired) electrons. The number of rotatable bonds is 6. The van der Waals surface area contributed by atoms with Gasteiger partial charge < -0.3 is 15.4 Å². The van der Waals surface area contributed by atoms with Gasteiger partial charge in [-0.05, 0) is 36.2 Å². The van der Waals surface area contributed by atoms with Crippen molar-refractivity contribution >= 4 is 41.5 Å². The lowest BCUT2D eigenvalue weighted by Crippen LogP contribution is -2.38. The summed E-state index contributed by atoms with van der Waals surface area (Å²) in [6, 6.07) is 12.7. The van der Waals surface area contributed by atoms with Crippen molar-refractivity contribution in [2.75, 3.05) is 14.2 Å². The van der Waals surface area contributed by atoms with Crippen LogP contribution in [0.1, 0.15) is 29.7 Å². The van der Waals surface area contributed by atoms with Crippen LogP contribution in [0.25, 0.3) is 0 Å². The second-order valence-corrected chi connectivity index (χ2v) is 6.08. The molecule has 2 rings (SSSR count). The third kappa shape index (κ3) is 6.41. The maximum Gasteiger partial charge on any atom is 0.191 e. The Morgan fingerprint density at radius 2 is 2.00 bits per heavy atom. The van der Waals surface area contributed by atoms with E-state index in [9.17, 15) is 4.39 Å². The highest BCUT2D eigenvalue weighted by Crippen LogP contribution is 2.22. The average molecular weight is 492 g/mol. The molecule has 0 aliphatic rings. The summed E-state index contributed by atoms with van der Waals surface area (Å²) in [5, 5.41) is 7.24. The molecule has 7 heteroatoms. The van der Waals surface area contributed by atoms with Crippen LogP contribution in [-0.2, 0) is 17.9 Å². The Kier molecular flexibility index (Phi) is 9.90. The predicted molar refractivity (Wildman–Crippen MR) is 116 cm³/mol. The Hall–Kier alpha value is -1.38. The number of hydrogen-bond acceptors (Lipinski definition) is 2. The average Bonchev–Trinajstić information content (AvgIpc) is 2.61. The van der Waals surface area contributed by atoms with Crippen LogP contribution < -0.4 is 10.6 Å². The van der Waals surface area contributed by atoms with Crippen molar-refractivity contribution in [2.24, 2.45) is 4.99 Å². The van der Waals surface area contributed by atoms with Crippen molar-refractivity contribution in [3.8, 4) is 0 Å². The molecule has 2 N–H and O–H groups in total. The molecule has 0 heterocycles. The SMILES string of the molecule is CN=C(NCc1ccc(F)c(COC)c1)NC(C)c1ccccc1Cl.I. The zero-order valence-corrected chi connectivity index (χ0v) is 18.1. The second kappa shape index (κ2) is 11.4. The maximum atomic E-state index is 13.7. The first-order valence-corrected chi connectivity index (χ1v) is 8.40. The van der Waals surface area contributed by atoms with Gasteiger partial charge in [-0.15, -0.1) is 24.0 Å². The molecule has 0 amide bonds. The highest BCUT2D eigenvalue weighted by molar-refractivity contribution is 14.0. The molecule has 26 heavy (non-hydrogen) atoms. The number of methoxy groups -OCH3 is 1. The smallest absolute Gasteiger partial charge is 0.191 e. The molecular formula is C19H24ClFIN3O. The lowest BCUT2D eigenvalue weighted by atomic mass is 10.1. The quantitative estimate of drug-likeness (QED) is 0.351. The number of ether oxygens (including phenoxy) is 1. The Labute approximate surface area is 176 Å². The van der Waals surface area contributed by atoms with E-state index in [0.717, 1.165) is 11.1 Å². The summed E-state index contributed by atoms with van der Waals surface area (Å²) in [7, 11) is 3.25. The van der Waals surface area contributed by atoms with E-state index in [1.165, 1.54) is 6.07 Å². The van der Waals surface area contributed by atoms with Crippen molar-refractivity contribution in [3.63, 3.8) is 0 Å². The van der Waals surface area contributed by atoms with Gasteiger partial charge in [0, 0.05) is 31.3 Å². The summed E-state index contributed by atoms with van der Waals surface area (Å²) in [4.78, 5) is 4.23. The van der Waals surface area contributed by atoms with Crippen LogP contribution in [0.4, 0.5) is 4.39 Å². The minimum Gasteiger partial charge on any atom is -0.380 e. The number of nitrogens with zero attached hydrogens (tertiary/aromatic N) is 1. The first-order chi connectivity index (χ1) is 12.0. The third-order valence-electron chi connectivity index (χ3n) is 3.82. The molecule has 1 unspecified atom stereocenters. The Bertz CT molecular complexity index is 742. The molecule has 0 fully saturated rings. The Morgan fingerprint density at radius 3 is 2.65 bits per heavy atom. The number of guanidine groups is 1. The van der Waals surface area contributed by atoms with Gasteiger partial charge in [-0.3, -0.25) is 4.99 Å². The number of benzene rings is 2. The van der Waals surface area contributed by atoms with Crippen molar-refractivity contribution in [2.45, 2.75) is 26.1 Å². The predicted octanol–water partition coefficient (Wildman–Crippen LogP) is 4.67. The normalized spacial score (nSPS) is 12.3. The van der Waals surface area contributed by atoms with E-state index < -0.39 is 0 Å². The Morgan fingerprint density at radius 1 is 1.27 bits per heavy atom. The van der Waals surface area contributed by atoms with E-state index in [4.69, 9.17) is 16.3 Å². The van der Waals surface area contributed by atoms with Crippen LogP contribution in [0.5, 0.6) is 0 Å². The van der Waals surface area contributed by atoms with Gasteiger partial charge in [-0.1, -0.05) is 35.9 Å². The summed E-state index contributed by atoms with van der Waals surface area (Å²) in [5.74, 6) is 0.380. The minimum absolute atomic E-state index is 0. The van der Waals surface area contributed by atoms with Gasteiger partial charge in [0.2, 0.25) is 0 Å². The van der Waals surface area contributed by atoms with E-state index in [1.54, 1.807) is 26.3 Å². The van der Waals surface area contributed by atoms with Gasteiger partial charge in [0.05, 0.1) is 12.6 Å². The number of hydrogen-bond donors (Lipinski definition) is 2. The molecule has 0 aromatic heterocycles. The zero-order chi connectivity index (χ0) is 18.2. The minimum atomic E-state index is -0.263. The van der Waals surface area contributed by atoms with Crippen LogP contribution >= 0.6 is 35.6 Å². The zero-order valence-electron chi connectivity index (χ0n) is 15.1. The van der Waals surface area contributed by atoms with Gasteiger partial charge >= 0.3 is 0 Å². The summed E-state index contributed by atoms with van der Waals surface area (Å²) in [5.41, 5.74) is 2.48. The number of aliphatic imine (C=N–C) groups is 1. The number of halogens is 3. The van der Waals surface area contributed by atoms with Crippen molar-refractivity contribution in [1.82, 2.24) is 10.6 Å². The highest BCUT2D eigenvalue weighted by Gasteiger charge is 2.11. The third-order valence-corrected chi connectivity index (χ3v) is 4.16. The molecule has 0 saturated carbocycles. The van der Waals surface area contributed by atoms with Gasteiger partial charge in [-0.25, -0.2) is 4.39 Å². The first-order valence-electron chi connectivity index (χ1n) is 8.03. The molecule has 0 bridgehead atoms. The standard InChI is InChI=1S/C19H23ClFN3O.HI/c1-13(16-6-4-5-7-17(16)20)24-19(22-2)23-11-14-8-9-18(21)15(10-14)12-25-3;/h4-10,13H,11-12H2,1-3H3,(H2,22,23,24);1H. The van der Waals surface area contributed by atoms with Crippen LogP contribution in [0.15, 0.2) is 47.5 Å². The summed E-state index contributed by atoms with van der Waals surface area (Å²) >= 11 is 6.23. The lowest BCUT2D eigenvalue weighted by molar-refractivity contribution is 0.181. The van der Waals surface area contributed by atoms with Crippen LogP contribution in [-0.4, -0.2) is 20.1 Å².